The SMILES string of the molecule is CC(C[PH](=O)F)C(C)(C)C. The van der Waals surface area contributed by atoms with E-state index >= 15 is 0 Å². The van der Waals surface area contributed by atoms with Crippen molar-refractivity contribution in [3.05, 3.63) is 0 Å². The molecule has 0 saturated carbocycles. The van der Waals surface area contributed by atoms with Crippen LogP contribution in [0.25, 0.3) is 0 Å². The molecule has 0 saturated heterocycles. The summed E-state index contributed by atoms with van der Waals surface area (Å²) in [4.78, 5) is 0. The highest BCUT2D eigenvalue weighted by molar-refractivity contribution is 7.38. The van der Waals surface area contributed by atoms with Crippen molar-refractivity contribution in [2.75, 3.05) is 6.16 Å². The van der Waals surface area contributed by atoms with Crippen molar-refractivity contribution >= 4 is 8.11 Å². The van der Waals surface area contributed by atoms with Crippen molar-refractivity contribution in [3.63, 3.8) is 0 Å². The summed E-state index contributed by atoms with van der Waals surface area (Å²) in [6.07, 6.45) is 0.230. The van der Waals surface area contributed by atoms with Crippen LogP contribution in [0.15, 0.2) is 0 Å². The molecule has 0 rings (SSSR count). The van der Waals surface area contributed by atoms with Crippen molar-refractivity contribution in [1.29, 1.82) is 0 Å². The van der Waals surface area contributed by atoms with E-state index in [4.69, 9.17) is 0 Å². The smallest absolute Gasteiger partial charge is 0.234 e. The third kappa shape index (κ3) is 4.05. The van der Waals surface area contributed by atoms with Crippen LogP contribution in [0, 0.1) is 11.3 Å². The third-order valence-electron chi connectivity index (χ3n) is 1.95. The van der Waals surface area contributed by atoms with Gasteiger partial charge in [-0.3, -0.25) is 4.57 Å². The maximum Gasteiger partial charge on any atom is 0.234 e. The third-order valence-corrected chi connectivity index (χ3v) is 2.88. The van der Waals surface area contributed by atoms with Crippen LogP contribution in [0.4, 0.5) is 4.20 Å². The van der Waals surface area contributed by atoms with Crippen LogP contribution >= 0.6 is 8.11 Å². The highest BCUT2D eigenvalue weighted by Crippen LogP contribution is 2.34. The van der Waals surface area contributed by atoms with Gasteiger partial charge in [0, 0.05) is 6.16 Å². The van der Waals surface area contributed by atoms with Crippen molar-refractivity contribution in [2.24, 2.45) is 11.3 Å². The molecule has 3 heteroatoms. The lowest BCUT2D eigenvalue weighted by Gasteiger charge is -2.25. The summed E-state index contributed by atoms with van der Waals surface area (Å²) in [5, 5.41) is 0. The average molecular weight is 166 g/mol. The number of halogens is 1. The van der Waals surface area contributed by atoms with Gasteiger partial charge in [0.25, 0.3) is 0 Å². The summed E-state index contributed by atoms with van der Waals surface area (Å²) in [7, 11) is -2.77. The Morgan fingerprint density at radius 1 is 1.50 bits per heavy atom. The highest BCUT2D eigenvalue weighted by Gasteiger charge is 2.21. The van der Waals surface area contributed by atoms with Crippen LogP contribution in [0.1, 0.15) is 27.7 Å². The lowest BCUT2D eigenvalue weighted by atomic mass is 9.83. The van der Waals surface area contributed by atoms with Crippen LogP contribution < -0.4 is 0 Å². The molecule has 62 valence electrons. The Kier molecular flexibility index (Phi) is 3.58. The minimum Gasteiger partial charge on any atom is -0.291 e. The molecule has 0 amide bonds. The number of hydrogen-bond donors (Lipinski definition) is 0. The standard InChI is InChI=1S/C7H16FOP/c1-6(5-10(8)9)7(2,3)4/h6,10H,5H2,1-4H3. The molecular formula is C7H16FOP. The first-order valence-corrected chi connectivity index (χ1v) is 5.01. The van der Waals surface area contributed by atoms with Crippen LogP contribution in [-0.4, -0.2) is 6.16 Å². The molecule has 0 N–H and O–H groups in total. The molecule has 0 aromatic rings. The molecule has 0 aromatic heterocycles. The Balaban J connectivity index is 3.85. The summed E-state index contributed by atoms with van der Waals surface area (Å²) in [5.41, 5.74) is 0.0758. The summed E-state index contributed by atoms with van der Waals surface area (Å²) in [5.74, 6) is 0.198. The summed E-state index contributed by atoms with van der Waals surface area (Å²) in [6, 6.07) is 0. The Labute approximate surface area is 62.9 Å². The van der Waals surface area contributed by atoms with Gasteiger partial charge in [-0.15, -0.1) is 0 Å². The zero-order chi connectivity index (χ0) is 8.36. The minimum absolute atomic E-state index is 0.0758. The van der Waals surface area contributed by atoms with E-state index in [1.54, 1.807) is 0 Å². The first-order valence-electron chi connectivity index (χ1n) is 3.52. The fraction of sp³-hybridized carbons (Fsp3) is 1.00. The molecule has 1 nitrogen and oxygen atoms in total. The van der Waals surface area contributed by atoms with E-state index in [-0.39, 0.29) is 17.5 Å². The molecule has 10 heavy (non-hydrogen) atoms. The van der Waals surface area contributed by atoms with Crippen LogP contribution in [0.5, 0.6) is 0 Å². The number of rotatable bonds is 2. The summed E-state index contributed by atoms with van der Waals surface area (Å²) >= 11 is 0. The van der Waals surface area contributed by atoms with E-state index in [1.165, 1.54) is 0 Å². The number of hydrogen-bond acceptors (Lipinski definition) is 1. The van der Waals surface area contributed by atoms with Gasteiger partial charge >= 0.3 is 0 Å². The van der Waals surface area contributed by atoms with Gasteiger partial charge in [0.15, 0.2) is 0 Å². The normalized spacial score (nSPS) is 18.5. The monoisotopic (exact) mass is 166 g/mol. The predicted octanol–water partition coefficient (Wildman–Crippen LogP) is 3.11. The Hall–Kier alpha value is 0.160. The van der Waals surface area contributed by atoms with Gasteiger partial charge in [-0.2, -0.15) is 4.20 Å². The zero-order valence-corrected chi connectivity index (χ0v) is 8.07. The summed E-state index contributed by atoms with van der Waals surface area (Å²) in [6.45, 7) is 8.02. The van der Waals surface area contributed by atoms with E-state index in [9.17, 15) is 8.76 Å². The second-order valence-corrected chi connectivity index (χ2v) is 4.94. The van der Waals surface area contributed by atoms with E-state index in [2.05, 4.69) is 0 Å². The Morgan fingerprint density at radius 3 is 2.00 bits per heavy atom. The topological polar surface area (TPSA) is 17.1 Å². The molecular weight excluding hydrogens is 150 g/mol. The average Bonchev–Trinajstić information content (AvgIpc) is 1.60. The lowest BCUT2D eigenvalue weighted by molar-refractivity contribution is 0.284. The van der Waals surface area contributed by atoms with Crippen LogP contribution in [-0.2, 0) is 4.57 Å². The fourth-order valence-corrected chi connectivity index (χ4v) is 1.64. The quantitative estimate of drug-likeness (QED) is 0.576. The van der Waals surface area contributed by atoms with E-state index in [0.717, 1.165) is 0 Å². The van der Waals surface area contributed by atoms with Gasteiger partial charge < -0.3 is 0 Å². The van der Waals surface area contributed by atoms with E-state index in [1.807, 2.05) is 27.7 Å². The molecule has 0 spiro atoms. The van der Waals surface area contributed by atoms with Gasteiger partial charge in [0.2, 0.25) is 8.11 Å². The molecule has 0 bridgehead atoms. The Morgan fingerprint density at radius 2 is 1.90 bits per heavy atom. The fourth-order valence-electron chi connectivity index (χ4n) is 0.547. The van der Waals surface area contributed by atoms with E-state index < -0.39 is 8.11 Å². The second-order valence-electron chi connectivity index (χ2n) is 3.83. The van der Waals surface area contributed by atoms with Crippen molar-refractivity contribution < 1.29 is 8.76 Å². The van der Waals surface area contributed by atoms with Gasteiger partial charge in [0.1, 0.15) is 0 Å². The molecule has 2 atom stereocenters. The molecule has 0 aliphatic carbocycles. The van der Waals surface area contributed by atoms with Crippen LogP contribution in [0.2, 0.25) is 0 Å². The Bertz CT molecular complexity index is 128. The molecule has 0 heterocycles. The van der Waals surface area contributed by atoms with Crippen molar-refractivity contribution in [1.82, 2.24) is 0 Å². The first kappa shape index (κ1) is 10.2. The molecule has 0 fully saturated rings. The second kappa shape index (κ2) is 3.52. The zero-order valence-electron chi connectivity index (χ0n) is 7.07. The van der Waals surface area contributed by atoms with Gasteiger partial charge in [-0.05, 0) is 11.3 Å². The predicted molar refractivity (Wildman–Crippen MR) is 43.6 cm³/mol. The van der Waals surface area contributed by atoms with Gasteiger partial charge in [-0.1, -0.05) is 27.7 Å². The first-order chi connectivity index (χ1) is 4.34. The molecule has 0 radical (unpaired) electrons. The molecule has 0 aromatic carbocycles. The van der Waals surface area contributed by atoms with Gasteiger partial charge in [-0.25, -0.2) is 0 Å². The van der Waals surface area contributed by atoms with Crippen molar-refractivity contribution in [3.8, 4) is 0 Å². The molecule has 2 unspecified atom stereocenters. The highest BCUT2D eigenvalue weighted by atomic mass is 31.1. The maximum atomic E-state index is 12.0. The lowest BCUT2D eigenvalue weighted by Crippen LogP contribution is -2.18. The maximum absolute atomic E-state index is 12.0. The summed E-state index contributed by atoms with van der Waals surface area (Å²) < 4.78 is 22.2. The minimum atomic E-state index is -2.77. The molecule has 0 aliphatic rings. The molecule has 0 aliphatic heterocycles. The van der Waals surface area contributed by atoms with Gasteiger partial charge in [0.05, 0.1) is 0 Å². The largest absolute Gasteiger partial charge is 0.291 e. The van der Waals surface area contributed by atoms with Crippen LogP contribution in [0.3, 0.4) is 0 Å². The van der Waals surface area contributed by atoms with E-state index in [0.29, 0.717) is 0 Å². The van der Waals surface area contributed by atoms with Crippen molar-refractivity contribution in [2.45, 2.75) is 27.7 Å².